The summed E-state index contributed by atoms with van der Waals surface area (Å²) < 4.78 is 4.05. The smallest absolute Gasteiger partial charge is 0.433 e. The van der Waals surface area contributed by atoms with Crippen molar-refractivity contribution in [3.8, 4) is 0 Å². The number of aryl methyl sites for hydroxylation is 1. The molecule has 6 N–H and O–H groups in total. The van der Waals surface area contributed by atoms with E-state index in [4.69, 9.17) is 10.6 Å². The van der Waals surface area contributed by atoms with E-state index in [1.807, 2.05) is 32.2 Å². The van der Waals surface area contributed by atoms with E-state index >= 15 is 0 Å². The summed E-state index contributed by atoms with van der Waals surface area (Å²) in [5.41, 5.74) is 5.65. The topological polar surface area (TPSA) is 161 Å². The molecule has 0 atom stereocenters. The van der Waals surface area contributed by atoms with E-state index in [0.29, 0.717) is 37.5 Å². The first kappa shape index (κ1) is 35.4. The zero-order valence-corrected chi connectivity index (χ0v) is 21.3. The summed E-state index contributed by atoms with van der Waals surface area (Å²) in [6.07, 6.45) is 4.23. The van der Waals surface area contributed by atoms with Crippen molar-refractivity contribution in [2.75, 3.05) is 47.4 Å². The zero-order valence-electron chi connectivity index (χ0n) is 21.3. The van der Waals surface area contributed by atoms with Crippen molar-refractivity contribution in [2.24, 2.45) is 5.73 Å². The van der Waals surface area contributed by atoms with Crippen molar-refractivity contribution in [3.63, 3.8) is 0 Å². The maximum atomic E-state index is 12.0. The number of nitrogens with one attached hydrogen (secondary N) is 3. The van der Waals surface area contributed by atoms with Gasteiger partial charge in [-0.05, 0) is 45.3 Å². The molecule has 34 heavy (non-hydrogen) atoms. The van der Waals surface area contributed by atoms with Crippen LogP contribution in [0.1, 0.15) is 38.7 Å². The molecule has 0 radical (unpaired) electrons. The van der Waals surface area contributed by atoms with Gasteiger partial charge in [0.05, 0.1) is 13.4 Å². The molecule has 0 aromatic heterocycles. The van der Waals surface area contributed by atoms with Crippen LogP contribution in [0.4, 0.5) is 4.79 Å². The lowest BCUT2D eigenvalue weighted by atomic mass is 10.1. The minimum atomic E-state index is -0.764. The van der Waals surface area contributed by atoms with Crippen molar-refractivity contribution in [3.05, 3.63) is 35.9 Å². The minimum absolute atomic E-state index is 0.158. The maximum absolute atomic E-state index is 12.0. The Morgan fingerprint density at radius 1 is 1.21 bits per heavy atom. The zero-order chi connectivity index (χ0) is 26.6. The number of likely N-dealkylation sites (N-methyl/N-ethyl adjacent to an activating group) is 1. The van der Waals surface area contributed by atoms with Crippen LogP contribution in [-0.2, 0) is 20.7 Å². The van der Waals surface area contributed by atoms with Gasteiger partial charge in [-0.3, -0.25) is 20.2 Å². The Hall–Kier alpha value is -3.18. The highest BCUT2D eigenvalue weighted by atomic mass is 16.6. The van der Waals surface area contributed by atoms with Crippen LogP contribution in [0.25, 0.3) is 0 Å². The summed E-state index contributed by atoms with van der Waals surface area (Å²) in [4.78, 5) is 33.9. The number of amides is 3. The number of carbonyl (C=O) groups excluding carboxylic acids is 3. The molecule has 0 aliphatic heterocycles. The second kappa shape index (κ2) is 27.9. The van der Waals surface area contributed by atoms with E-state index in [1.54, 1.807) is 4.90 Å². The molecule has 1 rings (SSSR count). The average Bonchev–Trinajstić information content (AvgIpc) is 2.83. The molecule has 0 spiro atoms. The van der Waals surface area contributed by atoms with Gasteiger partial charge >= 0.3 is 6.09 Å². The van der Waals surface area contributed by atoms with E-state index in [2.05, 4.69) is 40.2 Å². The highest BCUT2D eigenvalue weighted by Crippen LogP contribution is 2.06. The van der Waals surface area contributed by atoms with Gasteiger partial charge in [-0.25, -0.2) is 4.79 Å². The SMILES string of the molecule is CCCNC.CCN(CCNC=O)C(=O)CCCc1ccccc1.COC(=O)N(C)O.N=CN. The Labute approximate surface area is 204 Å². The fraction of sp³-hybridized carbons (Fsp3) is 0.565. The van der Waals surface area contributed by atoms with Crippen molar-refractivity contribution < 1.29 is 24.3 Å². The molecule has 1 aromatic rings. The van der Waals surface area contributed by atoms with Gasteiger partial charge in [0.2, 0.25) is 12.3 Å². The lowest BCUT2D eigenvalue weighted by Crippen LogP contribution is -2.36. The van der Waals surface area contributed by atoms with Gasteiger partial charge < -0.3 is 26.0 Å². The molecule has 196 valence electrons. The quantitative estimate of drug-likeness (QED) is 0.0799. The molecule has 1 aromatic carbocycles. The predicted molar refractivity (Wildman–Crippen MR) is 135 cm³/mol. The molecule has 0 aliphatic carbocycles. The third-order valence-electron chi connectivity index (χ3n) is 3.98. The van der Waals surface area contributed by atoms with Crippen LogP contribution >= 0.6 is 0 Å². The Kier molecular flexibility index (Phi) is 29.0. The molecule has 11 heteroatoms. The van der Waals surface area contributed by atoms with Crippen LogP contribution in [0.2, 0.25) is 0 Å². The summed E-state index contributed by atoms with van der Waals surface area (Å²) in [7, 11) is 4.34. The molecule has 0 aliphatic rings. The molecular weight excluding hydrogens is 440 g/mol. The van der Waals surface area contributed by atoms with Gasteiger partial charge in [0.15, 0.2) is 0 Å². The van der Waals surface area contributed by atoms with E-state index in [9.17, 15) is 14.4 Å². The van der Waals surface area contributed by atoms with E-state index in [-0.39, 0.29) is 5.91 Å². The summed E-state index contributed by atoms with van der Waals surface area (Å²) in [6.45, 7) is 7.03. The van der Waals surface area contributed by atoms with Crippen molar-refractivity contribution in [1.82, 2.24) is 20.6 Å². The first-order valence-corrected chi connectivity index (χ1v) is 11.1. The van der Waals surface area contributed by atoms with Crippen LogP contribution in [0.15, 0.2) is 30.3 Å². The normalized spacial score (nSPS) is 8.76. The average molecular weight is 485 g/mol. The summed E-state index contributed by atoms with van der Waals surface area (Å²) in [5, 5.41) is 20.0. The summed E-state index contributed by atoms with van der Waals surface area (Å²) >= 11 is 0. The molecule has 0 heterocycles. The highest BCUT2D eigenvalue weighted by Gasteiger charge is 2.10. The molecule has 0 saturated carbocycles. The Morgan fingerprint density at radius 2 is 1.79 bits per heavy atom. The largest absolute Gasteiger partial charge is 0.451 e. The monoisotopic (exact) mass is 484 g/mol. The van der Waals surface area contributed by atoms with Crippen LogP contribution < -0.4 is 16.4 Å². The summed E-state index contributed by atoms with van der Waals surface area (Å²) in [6, 6.07) is 10.2. The Morgan fingerprint density at radius 3 is 2.15 bits per heavy atom. The number of hydroxylamine groups is 2. The maximum Gasteiger partial charge on any atom is 0.433 e. The van der Waals surface area contributed by atoms with Crippen LogP contribution in [0.5, 0.6) is 0 Å². The van der Waals surface area contributed by atoms with Gasteiger partial charge in [0, 0.05) is 33.1 Å². The minimum Gasteiger partial charge on any atom is -0.451 e. The fourth-order valence-corrected chi connectivity index (χ4v) is 2.35. The van der Waals surface area contributed by atoms with Gasteiger partial charge in [0.25, 0.3) is 0 Å². The standard InChI is InChI=1S/C15H22N2O2.C4H11N.C3H7NO3.CH4N2/c1-2-17(12-11-16-13-18)15(19)10-6-9-14-7-4-3-5-8-14;1-3-4-5-2;1-4(6)3(5)7-2;2-1-3/h3-5,7-8,13H,2,6,9-12H2,1H3,(H,16,18);5H,3-4H2,1-2H3;6H,1-2H3;1H,(H3,2,3). The Balaban J connectivity index is -0.000000524. The number of benzene rings is 1. The number of carbonyl (C=O) groups is 3. The number of nitrogens with two attached hydrogens (primary N) is 1. The highest BCUT2D eigenvalue weighted by molar-refractivity contribution is 5.76. The molecule has 11 nitrogen and oxygen atoms in total. The number of methoxy groups -OCH3 is 1. The predicted octanol–water partition coefficient (Wildman–Crippen LogP) is 1.85. The van der Waals surface area contributed by atoms with Gasteiger partial charge in [-0.1, -0.05) is 37.3 Å². The van der Waals surface area contributed by atoms with Crippen molar-refractivity contribution in [1.29, 1.82) is 5.41 Å². The molecule has 0 saturated heterocycles. The van der Waals surface area contributed by atoms with E-state index in [0.717, 1.165) is 25.7 Å². The second-order valence-corrected chi connectivity index (χ2v) is 6.65. The van der Waals surface area contributed by atoms with Crippen molar-refractivity contribution >= 4 is 24.7 Å². The van der Waals surface area contributed by atoms with E-state index < -0.39 is 6.09 Å². The van der Waals surface area contributed by atoms with Crippen LogP contribution in [-0.4, -0.2) is 87.3 Å². The van der Waals surface area contributed by atoms with Gasteiger partial charge in [-0.15, -0.1) is 0 Å². The number of hydrogen-bond acceptors (Lipinski definition) is 7. The van der Waals surface area contributed by atoms with Crippen LogP contribution in [0.3, 0.4) is 0 Å². The molecule has 3 amide bonds. The molecular formula is C23H44N6O5. The number of hydrogen-bond donors (Lipinski definition) is 5. The third kappa shape index (κ3) is 25.1. The number of ether oxygens (including phenoxy) is 1. The number of nitrogens with zero attached hydrogens (tertiary/aromatic N) is 2. The first-order chi connectivity index (χ1) is 16.3. The lowest BCUT2D eigenvalue weighted by Gasteiger charge is -2.20. The number of rotatable bonds is 11. The molecule has 0 fully saturated rings. The fourth-order valence-electron chi connectivity index (χ4n) is 2.35. The van der Waals surface area contributed by atoms with Crippen LogP contribution in [0, 0.1) is 5.41 Å². The van der Waals surface area contributed by atoms with E-state index in [1.165, 1.54) is 26.1 Å². The third-order valence-corrected chi connectivity index (χ3v) is 3.98. The second-order valence-electron chi connectivity index (χ2n) is 6.65. The molecule has 0 unspecified atom stereocenters. The molecule has 0 bridgehead atoms. The van der Waals surface area contributed by atoms with Gasteiger partial charge in [-0.2, -0.15) is 5.06 Å². The van der Waals surface area contributed by atoms with Gasteiger partial charge in [0.1, 0.15) is 0 Å². The summed E-state index contributed by atoms with van der Waals surface area (Å²) in [5.74, 6) is 0.158. The van der Waals surface area contributed by atoms with Crippen molar-refractivity contribution in [2.45, 2.75) is 39.5 Å². The Bertz CT molecular complexity index is 615. The lowest BCUT2D eigenvalue weighted by molar-refractivity contribution is -0.131. The first-order valence-electron chi connectivity index (χ1n) is 11.1.